The molecule has 0 spiro atoms. The smallest absolute Gasteiger partial charge is 0.325 e. The average Bonchev–Trinajstić information content (AvgIpc) is 4.25. The van der Waals surface area contributed by atoms with Crippen LogP contribution in [0.15, 0.2) is 0 Å². The average molecular weight is 1270 g/mol. The maximum Gasteiger partial charge on any atom is 0.325 e. The van der Waals surface area contributed by atoms with Crippen LogP contribution in [0.4, 0.5) is 0 Å². The van der Waals surface area contributed by atoms with E-state index in [4.69, 9.17) is 11.5 Å². The Hall–Kier alpha value is -8.56. The van der Waals surface area contributed by atoms with Crippen LogP contribution in [0.2, 0.25) is 0 Å². The molecule has 34 nitrogen and oxygen atoms in total. The van der Waals surface area contributed by atoms with Crippen molar-refractivity contribution in [3.63, 3.8) is 0 Å². The van der Waals surface area contributed by atoms with Crippen LogP contribution in [0.5, 0.6) is 0 Å². The summed E-state index contributed by atoms with van der Waals surface area (Å²) >= 11 is 0. The van der Waals surface area contributed by atoms with E-state index < -0.39 is 224 Å². The lowest BCUT2D eigenvalue weighted by Crippen LogP contribution is -2.62. The molecule has 1 fully saturated rings. The molecule has 0 aromatic rings. The van der Waals surface area contributed by atoms with Crippen LogP contribution >= 0.6 is 0 Å². The number of primary amides is 1. The van der Waals surface area contributed by atoms with E-state index in [9.17, 15) is 97.1 Å². The van der Waals surface area contributed by atoms with E-state index in [2.05, 4.69) is 63.8 Å². The fourth-order valence-electron chi connectivity index (χ4n) is 8.78. The molecule has 1 aliphatic heterocycles. The second kappa shape index (κ2) is 40.1. The van der Waals surface area contributed by atoms with Crippen molar-refractivity contribution in [2.45, 2.75) is 212 Å². The molecule has 0 aromatic heterocycles. The molecule has 34 heteroatoms. The maximum absolute atomic E-state index is 14.4. The largest absolute Gasteiger partial charge is 0.481 e. The Morgan fingerprint density at radius 2 is 0.865 bits per heavy atom. The van der Waals surface area contributed by atoms with Gasteiger partial charge in [0.25, 0.3) is 0 Å². The van der Waals surface area contributed by atoms with Crippen LogP contribution in [-0.2, 0) is 76.7 Å². The fourth-order valence-corrected chi connectivity index (χ4v) is 8.78. The molecule has 1 aliphatic rings. The summed E-state index contributed by atoms with van der Waals surface area (Å²) in [6, 6.07) is -16.3. The molecular formula is C55H92N14O20. The monoisotopic (exact) mass is 1270 g/mol. The Bertz CT molecular complexity index is 2510. The van der Waals surface area contributed by atoms with Gasteiger partial charge in [0, 0.05) is 12.8 Å². The summed E-state index contributed by atoms with van der Waals surface area (Å²) in [6.07, 6.45) is -2.07. The number of amides is 12. The lowest BCUT2D eigenvalue weighted by atomic mass is 9.94. The first-order valence-electron chi connectivity index (χ1n) is 29.6. The number of carboxylic acid groups (broad SMARTS) is 4. The highest BCUT2D eigenvalue weighted by atomic mass is 16.4. The molecule has 0 bridgehead atoms. The standard InChI is InChI=1S/C55H92N14O20/c1-9-26(4)42(52(85)65-35(23-40(74)75)50(83)61-30(8)55(88)89)67-48(81)32(15-12-13-21-56)63-51(84)36(24-41(76)77)66-53(86)43(27(5)10-2)69-54(87)44(28(6)11-3)68-49(82)34(17-19-37(57)70)64-47(80)33(18-20-39(72)73)62-38(71)25-59-45(78)29(7)60-46(79)31-16-14-22-58-31/h26-36,42-44,58H,9-25,56H2,1-8H3,(H2,57,70)(H,59,78)(H,60,79)(H,61,83)(H,62,71)(H,63,84)(H,64,80)(H,65,85)(H,66,86)(H,67,81)(H,68,82)(H,69,87)(H,72,73)(H,74,75)(H,76,77)(H,88,89)/t26-,27-,28-,29-,30-,31-,32-,33-,34-,35-,36-,42-,43-,44-/m0/s1. The number of hydrogen-bond donors (Lipinski definition) is 18. The lowest BCUT2D eigenvalue weighted by Gasteiger charge is -2.31. The number of nitrogens with one attached hydrogen (secondary N) is 12. The van der Waals surface area contributed by atoms with Crippen molar-refractivity contribution in [2.24, 2.45) is 29.2 Å². The molecule has 14 atom stereocenters. The van der Waals surface area contributed by atoms with Crippen molar-refractivity contribution < 1.29 is 97.1 Å². The second-order valence-electron chi connectivity index (χ2n) is 22.1. The van der Waals surface area contributed by atoms with E-state index in [0.29, 0.717) is 19.4 Å². The van der Waals surface area contributed by atoms with Gasteiger partial charge in [0.05, 0.1) is 25.4 Å². The Balaban J connectivity index is 3.52. The third-order valence-corrected chi connectivity index (χ3v) is 14.9. The Morgan fingerprint density at radius 1 is 0.461 bits per heavy atom. The van der Waals surface area contributed by atoms with Crippen molar-refractivity contribution in [1.82, 2.24) is 63.8 Å². The van der Waals surface area contributed by atoms with E-state index in [-0.39, 0.29) is 38.6 Å². The summed E-state index contributed by atoms with van der Waals surface area (Å²) in [4.78, 5) is 209. The first-order chi connectivity index (χ1) is 41.7. The number of aliphatic carboxylic acids is 4. The molecule has 0 radical (unpaired) electrons. The van der Waals surface area contributed by atoms with E-state index in [1.54, 1.807) is 27.7 Å². The number of carboxylic acids is 4. The molecule has 12 amide bonds. The predicted octanol–water partition coefficient (Wildman–Crippen LogP) is -4.83. The summed E-state index contributed by atoms with van der Waals surface area (Å²) in [5.41, 5.74) is 11.1. The normalized spacial score (nSPS) is 17.1. The summed E-state index contributed by atoms with van der Waals surface area (Å²) in [7, 11) is 0. The molecule has 0 aliphatic carbocycles. The van der Waals surface area contributed by atoms with Gasteiger partial charge in [-0.3, -0.25) is 76.7 Å². The number of carbonyl (C=O) groups is 16. The molecule has 89 heavy (non-hydrogen) atoms. The van der Waals surface area contributed by atoms with Crippen molar-refractivity contribution in [2.75, 3.05) is 19.6 Å². The first kappa shape index (κ1) is 78.5. The topological polar surface area (TPSA) is 550 Å². The van der Waals surface area contributed by atoms with Gasteiger partial charge in [-0.25, -0.2) is 0 Å². The van der Waals surface area contributed by atoms with E-state index in [0.717, 1.165) is 13.3 Å². The zero-order chi connectivity index (χ0) is 67.8. The van der Waals surface area contributed by atoms with Gasteiger partial charge in [0.15, 0.2) is 0 Å². The molecule has 0 unspecified atom stereocenters. The van der Waals surface area contributed by atoms with Crippen LogP contribution in [0.1, 0.15) is 145 Å². The number of rotatable bonds is 43. The van der Waals surface area contributed by atoms with Crippen molar-refractivity contribution in [3.05, 3.63) is 0 Å². The van der Waals surface area contributed by atoms with Crippen LogP contribution in [-0.4, -0.2) is 201 Å². The van der Waals surface area contributed by atoms with Gasteiger partial charge < -0.3 is 95.7 Å². The first-order valence-corrected chi connectivity index (χ1v) is 29.6. The molecule has 0 saturated carbocycles. The summed E-state index contributed by atoms with van der Waals surface area (Å²) in [6.45, 7) is 12.0. The quantitative estimate of drug-likeness (QED) is 0.0255. The maximum atomic E-state index is 14.4. The predicted molar refractivity (Wildman–Crippen MR) is 313 cm³/mol. The minimum atomic E-state index is -1.95. The Labute approximate surface area is 514 Å². The van der Waals surface area contributed by atoms with E-state index in [1.165, 1.54) is 20.8 Å². The molecule has 0 aromatic carbocycles. The van der Waals surface area contributed by atoms with E-state index in [1.807, 2.05) is 0 Å². The van der Waals surface area contributed by atoms with Gasteiger partial charge in [-0.15, -0.1) is 0 Å². The molecule has 1 saturated heterocycles. The van der Waals surface area contributed by atoms with Crippen LogP contribution in [0.25, 0.3) is 0 Å². The molecule has 1 heterocycles. The van der Waals surface area contributed by atoms with Gasteiger partial charge in [0.2, 0.25) is 70.9 Å². The number of hydrogen-bond acceptors (Lipinski definition) is 18. The Kier molecular flexibility index (Phi) is 35.3. The highest BCUT2D eigenvalue weighted by Crippen LogP contribution is 2.16. The van der Waals surface area contributed by atoms with Crippen LogP contribution < -0.4 is 75.3 Å². The van der Waals surface area contributed by atoms with E-state index >= 15 is 0 Å². The molecular weight excluding hydrogens is 1180 g/mol. The summed E-state index contributed by atoms with van der Waals surface area (Å²) < 4.78 is 0. The lowest BCUT2D eigenvalue weighted by molar-refractivity contribution is -0.144. The van der Waals surface area contributed by atoms with Gasteiger partial charge in [-0.1, -0.05) is 60.8 Å². The van der Waals surface area contributed by atoms with Gasteiger partial charge in [0.1, 0.15) is 60.4 Å². The number of carbonyl (C=O) groups excluding carboxylic acids is 12. The van der Waals surface area contributed by atoms with Crippen LogP contribution in [0.3, 0.4) is 0 Å². The highest BCUT2D eigenvalue weighted by molar-refractivity contribution is 6.00. The highest BCUT2D eigenvalue weighted by Gasteiger charge is 2.39. The second-order valence-corrected chi connectivity index (χ2v) is 22.1. The molecule has 502 valence electrons. The van der Waals surface area contributed by atoms with Gasteiger partial charge in [-0.05, 0) is 89.6 Å². The summed E-state index contributed by atoms with van der Waals surface area (Å²) in [5, 5.41) is 67.3. The third-order valence-electron chi connectivity index (χ3n) is 14.9. The fraction of sp³-hybridized carbons (Fsp3) is 0.709. The molecule has 1 rings (SSSR count). The minimum absolute atomic E-state index is 0.133. The van der Waals surface area contributed by atoms with Gasteiger partial charge >= 0.3 is 23.9 Å². The molecule has 20 N–H and O–H groups in total. The third kappa shape index (κ3) is 28.9. The Morgan fingerprint density at radius 3 is 1.28 bits per heavy atom. The zero-order valence-electron chi connectivity index (χ0n) is 51.6. The SMILES string of the molecule is CC[C@H](C)[C@H](NC(=O)[C@H](CCCCN)NC(=O)[C@H](CC(=O)O)NC(=O)[C@@H](NC(=O)[C@@H](NC(=O)[C@H](CCC(N)=O)NC(=O)[C@H](CCC(=O)O)NC(=O)CNC(=O)[C@H](C)NC(=O)[C@@H]1CCCN1)[C@@H](C)CC)[C@@H](C)CC)C(=O)N[C@@H](CC(=O)O)C(=O)N[C@@H](C)C(=O)O. The minimum Gasteiger partial charge on any atom is -0.481 e. The number of unbranched alkanes of at least 4 members (excludes halogenated alkanes) is 1. The van der Waals surface area contributed by atoms with Gasteiger partial charge in [-0.2, -0.15) is 0 Å². The van der Waals surface area contributed by atoms with Crippen LogP contribution in [0, 0.1) is 17.8 Å². The van der Waals surface area contributed by atoms with Crippen molar-refractivity contribution >= 4 is 94.8 Å². The zero-order valence-corrected chi connectivity index (χ0v) is 51.6. The van der Waals surface area contributed by atoms with Crippen molar-refractivity contribution in [3.8, 4) is 0 Å². The summed E-state index contributed by atoms with van der Waals surface area (Å²) in [5.74, 6) is -20.1. The van der Waals surface area contributed by atoms with Crippen molar-refractivity contribution in [1.29, 1.82) is 0 Å². The number of nitrogens with two attached hydrogens (primary N) is 2.